The second kappa shape index (κ2) is 8.33. The van der Waals surface area contributed by atoms with Crippen molar-refractivity contribution in [2.24, 2.45) is 5.92 Å². The summed E-state index contributed by atoms with van der Waals surface area (Å²) in [5.41, 5.74) is 1.07. The van der Waals surface area contributed by atoms with E-state index in [1.807, 2.05) is 0 Å². The number of esters is 1. The van der Waals surface area contributed by atoms with Crippen LogP contribution in [0.1, 0.15) is 49.4 Å². The molecule has 1 aromatic carbocycles. The van der Waals surface area contributed by atoms with Gasteiger partial charge in [-0.25, -0.2) is 0 Å². The molecule has 1 aromatic rings. The molecule has 1 aliphatic carbocycles. The maximum Gasteiger partial charge on any atom is 0.311 e. The third kappa shape index (κ3) is 4.72. The largest absolute Gasteiger partial charge is 0.455 e. The van der Waals surface area contributed by atoms with E-state index in [0.29, 0.717) is 17.8 Å². The molecule has 0 bridgehead atoms. The van der Waals surface area contributed by atoms with E-state index >= 15 is 0 Å². The number of benzene rings is 1. The number of carbonyl (C=O) groups excluding carboxylic acids is 4. The van der Waals surface area contributed by atoms with Crippen molar-refractivity contribution in [3.05, 3.63) is 29.8 Å². The Morgan fingerprint density at radius 1 is 1.15 bits per heavy atom. The summed E-state index contributed by atoms with van der Waals surface area (Å²) >= 11 is 0. The van der Waals surface area contributed by atoms with Crippen molar-refractivity contribution in [2.45, 2.75) is 45.1 Å². The van der Waals surface area contributed by atoms with Crippen LogP contribution in [0.25, 0.3) is 0 Å². The summed E-state index contributed by atoms with van der Waals surface area (Å²) in [6.07, 6.45) is 4.40. The van der Waals surface area contributed by atoms with Gasteiger partial charge in [-0.15, -0.1) is 0 Å². The average Bonchev–Trinajstić information content (AvgIpc) is 3.29. The Labute approximate surface area is 158 Å². The van der Waals surface area contributed by atoms with Gasteiger partial charge in [0.2, 0.25) is 5.91 Å². The molecule has 1 heterocycles. The molecule has 1 N–H and O–H groups in total. The minimum Gasteiger partial charge on any atom is -0.455 e. The van der Waals surface area contributed by atoms with Gasteiger partial charge in [0.15, 0.2) is 12.4 Å². The quantitative estimate of drug-likeness (QED) is 0.610. The molecule has 7 heteroatoms. The number of anilines is 1. The summed E-state index contributed by atoms with van der Waals surface area (Å²) in [7, 11) is 0. The van der Waals surface area contributed by atoms with Gasteiger partial charge in [0, 0.05) is 30.3 Å². The Kier molecular flexibility index (Phi) is 5.88. The molecule has 0 aromatic heterocycles. The molecular formula is C20H24N2O5. The summed E-state index contributed by atoms with van der Waals surface area (Å²) in [6, 6.07) is 6.71. The van der Waals surface area contributed by atoms with E-state index in [-0.39, 0.29) is 24.2 Å². The van der Waals surface area contributed by atoms with Crippen LogP contribution in [-0.2, 0) is 19.1 Å². The summed E-state index contributed by atoms with van der Waals surface area (Å²) < 4.78 is 5.10. The summed E-state index contributed by atoms with van der Waals surface area (Å²) in [5.74, 6) is -1.53. The number of likely N-dealkylation sites (tertiary alicyclic amines) is 1. The number of Topliss-reactive ketones (excluding diaryl/α,β-unsaturated/α-hetero) is 1. The SMILES string of the molecule is CC(=O)c1ccc(NC(=O)COC(=O)[C@@H]2CC(=O)N(C3CCCC3)C2)cc1. The van der Waals surface area contributed by atoms with E-state index in [4.69, 9.17) is 4.74 Å². The maximum atomic E-state index is 12.2. The van der Waals surface area contributed by atoms with Crippen LogP contribution in [0.3, 0.4) is 0 Å². The lowest BCUT2D eigenvalue weighted by molar-refractivity contribution is -0.151. The number of rotatable bonds is 6. The number of nitrogens with one attached hydrogen (secondary N) is 1. The highest BCUT2D eigenvalue weighted by molar-refractivity contribution is 5.96. The Balaban J connectivity index is 1.45. The second-order valence-electron chi connectivity index (χ2n) is 7.17. The molecule has 27 heavy (non-hydrogen) atoms. The van der Waals surface area contributed by atoms with Crippen molar-refractivity contribution in [3.8, 4) is 0 Å². The van der Waals surface area contributed by atoms with Crippen molar-refractivity contribution in [3.63, 3.8) is 0 Å². The Hall–Kier alpha value is -2.70. The van der Waals surface area contributed by atoms with Gasteiger partial charge < -0.3 is 15.0 Å². The maximum absolute atomic E-state index is 12.2. The van der Waals surface area contributed by atoms with Gasteiger partial charge in [-0.1, -0.05) is 12.8 Å². The molecular weight excluding hydrogens is 348 g/mol. The molecule has 0 spiro atoms. The highest BCUT2D eigenvalue weighted by Gasteiger charge is 2.39. The van der Waals surface area contributed by atoms with Crippen molar-refractivity contribution >= 4 is 29.3 Å². The normalized spacial score (nSPS) is 20.0. The zero-order valence-electron chi connectivity index (χ0n) is 15.4. The van der Waals surface area contributed by atoms with E-state index in [1.165, 1.54) is 6.92 Å². The van der Waals surface area contributed by atoms with Crippen molar-refractivity contribution in [1.82, 2.24) is 4.90 Å². The van der Waals surface area contributed by atoms with Crippen molar-refractivity contribution < 1.29 is 23.9 Å². The predicted molar refractivity (Wildman–Crippen MR) is 98.1 cm³/mol. The van der Waals surface area contributed by atoms with Crippen LogP contribution in [0.4, 0.5) is 5.69 Å². The number of amides is 2. The molecule has 1 saturated heterocycles. The fourth-order valence-electron chi connectivity index (χ4n) is 3.70. The molecule has 1 saturated carbocycles. The van der Waals surface area contributed by atoms with Crippen molar-refractivity contribution in [2.75, 3.05) is 18.5 Å². The first-order valence-electron chi connectivity index (χ1n) is 9.31. The molecule has 0 unspecified atom stereocenters. The van der Waals surface area contributed by atoms with Crippen molar-refractivity contribution in [1.29, 1.82) is 0 Å². The number of ether oxygens (including phenoxy) is 1. The zero-order valence-corrected chi connectivity index (χ0v) is 15.4. The Bertz CT molecular complexity index is 737. The van der Waals surface area contributed by atoms with Crippen LogP contribution < -0.4 is 5.32 Å². The topological polar surface area (TPSA) is 92.8 Å². The molecule has 2 amide bonds. The summed E-state index contributed by atoms with van der Waals surface area (Å²) in [5, 5.41) is 2.61. The lowest BCUT2D eigenvalue weighted by Crippen LogP contribution is -2.35. The summed E-state index contributed by atoms with van der Waals surface area (Å²) in [4.78, 5) is 49.4. The number of carbonyl (C=O) groups is 4. The first-order chi connectivity index (χ1) is 12.9. The molecule has 3 rings (SSSR count). The molecule has 2 aliphatic rings. The fourth-order valence-corrected chi connectivity index (χ4v) is 3.70. The molecule has 1 aliphatic heterocycles. The van der Waals surface area contributed by atoms with E-state index in [2.05, 4.69) is 5.32 Å². The monoisotopic (exact) mass is 372 g/mol. The van der Waals surface area contributed by atoms with Crippen LogP contribution in [0.15, 0.2) is 24.3 Å². The standard InChI is InChI=1S/C20H24N2O5/c1-13(23)14-6-8-16(9-7-14)21-18(24)12-27-20(26)15-10-19(25)22(11-15)17-4-2-3-5-17/h6-9,15,17H,2-5,10-12H2,1H3,(H,21,24)/t15-/m1/s1. The Morgan fingerprint density at radius 3 is 2.44 bits per heavy atom. The summed E-state index contributed by atoms with van der Waals surface area (Å²) in [6.45, 7) is 1.45. The lowest BCUT2D eigenvalue weighted by atomic mass is 10.1. The van der Waals surface area contributed by atoms with Gasteiger partial charge in [0.1, 0.15) is 0 Å². The lowest BCUT2D eigenvalue weighted by Gasteiger charge is -2.23. The second-order valence-corrected chi connectivity index (χ2v) is 7.17. The van der Waals surface area contributed by atoms with Crippen LogP contribution in [0, 0.1) is 5.92 Å². The van der Waals surface area contributed by atoms with Gasteiger partial charge in [-0.05, 0) is 44.0 Å². The van der Waals surface area contributed by atoms with E-state index < -0.39 is 24.4 Å². The first-order valence-corrected chi connectivity index (χ1v) is 9.31. The third-order valence-corrected chi connectivity index (χ3v) is 5.18. The third-order valence-electron chi connectivity index (χ3n) is 5.18. The fraction of sp³-hybridized carbons (Fsp3) is 0.500. The molecule has 2 fully saturated rings. The van der Waals surface area contributed by atoms with Gasteiger partial charge in [-0.2, -0.15) is 0 Å². The minimum absolute atomic E-state index is 0.00105. The molecule has 0 radical (unpaired) electrons. The van der Waals surface area contributed by atoms with Crippen LogP contribution in [-0.4, -0.2) is 47.7 Å². The zero-order chi connectivity index (χ0) is 19.4. The molecule has 1 atom stereocenters. The number of hydrogen-bond donors (Lipinski definition) is 1. The van der Waals surface area contributed by atoms with Crippen LogP contribution >= 0.6 is 0 Å². The van der Waals surface area contributed by atoms with Gasteiger partial charge in [0.25, 0.3) is 5.91 Å². The molecule has 144 valence electrons. The predicted octanol–water partition coefficient (Wildman–Crippen LogP) is 2.16. The smallest absolute Gasteiger partial charge is 0.311 e. The van der Waals surface area contributed by atoms with Gasteiger partial charge >= 0.3 is 5.97 Å². The van der Waals surface area contributed by atoms with E-state index in [0.717, 1.165) is 25.7 Å². The highest BCUT2D eigenvalue weighted by Crippen LogP contribution is 2.29. The minimum atomic E-state index is -0.508. The Morgan fingerprint density at radius 2 is 1.81 bits per heavy atom. The van der Waals surface area contributed by atoms with E-state index in [9.17, 15) is 19.2 Å². The number of ketones is 1. The average molecular weight is 372 g/mol. The highest BCUT2D eigenvalue weighted by atomic mass is 16.5. The number of hydrogen-bond acceptors (Lipinski definition) is 5. The van der Waals surface area contributed by atoms with Crippen LogP contribution in [0.2, 0.25) is 0 Å². The van der Waals surface area contributed by atoms with Gasteiger partial charge in [-0.3, -0.25) is 19.2 Å². The number of nitrogens with zero attached hydrogens (tertiary/aromatic N) is 1. The van der Waals surface area contributed by atoms with Crippen LogP contribution in [0.5, 0.6) is 0 Å². The van der Waals surface area contributed by atoms with E-state index in [1.54, 1.807) is 29.2 Å². The molecule has 7 nitrogen and oxygen atoms in total. The van der Waals surface area contributed by atoms with Gasteiger partial charge in [0.05, 0.1) is 5.92 Å². The first kappa shape index (κ1) is 19.1.